The third-order valence-electron chi connectivity index (χ3n) is 6.13. The Labute approximate surface area is 191 Å². The van der Waals surface area contributed by atoms with E-state index in [1.807, 2.05) is 36.4 Å². The molecule has 1 heterocycles. The Morgan fingerprint density at radius 2 is 1.73 bits per heavy atom. The summed E-state index contributed by atoms with van der Waals surface area (Å²) in [4.78, 5) is 37.6. The number of carboxylic acid groups (broad SMARTS) is 1. The first-order chi connectivity index (χ1) is 16.0. The van der Waals surface area contributed by atoms with Crippen molar-refractivity contribution >= 4 is 18.0 Å². The van der Waals surface area contributed by atoms with E-state index in [1.54, 1.807) is 0 Å². The Balaban J connectivity index is 1.31. The molecule has 1 aliphatic heterocycles. The van der Waals surface area contributed by atoms with Gasteiger partial charge in [-0.25, -0.2) is 9.59 Å². The third kappa shape index (κ3) is 4.75. The van der Waals surface area contributed by atoms with Crippen LogP contribution in [-0.4, -0.2) is 67.4 Å². The quantitative estimate of drug-likeness (QED) is 0.672. The second-order valence-electron chi connectivity index (χ2n) is 8.00. The molecular formula is C25H26N2O6. The second-order valence-corrected chi connectivity index (χ2v) is 8.00. The largest absolute Gasteiger partial charge is 0.478 e. The van der Waals surface area contributed by atoms with Crippen LogP contribution < -0.4 is 5.32 Å². The highest BCUT2D eigenvalue weighted by molar-refractivity contribution is 5.88. The molecule has 2 aliphatic rings. The predicted molar refractivity (Wildman–Crippen MR) is 121 cm³/mol. The van der Waals surface area contributed by atoms with E-state index in [4.69, 9.17) is 14.6 Å². The van der Waals surface area contributed by atoms with Crippen LogP contribution in [0.2, 0.25) is 0 Å². The number of methoxy groups -OCH3 is 1. The van der Waals surface area contributed by atoms with Crippen molar-refractivity contribution in [2.45, 2.75) is 18.4 Å². The fourth-order valence-electron chi connectivity index (χ4n) is 4.36. The summed E-state index contributed by atoms with van der Waals surface area (Å²) in [5.41, 5.74) is 4.83. The number of amides is 2. The number of aliphatic carboxylic acids is 1. The van der Waals surface area contributed by atoms with Gasteiger partial charge in [0.15, 0.2) is 6.10 Å². The van der Waals surface area contributed by atoms with Crippen LogP contribution in [0.15, 0.2) is 60.2 Å². The Morgan fingerprint density at radius 3 is 2.27 bits per heavy atom. The van der Waals surface area contributed by atoms with Crippen molar-refractivity contribution in [2.75, 3.05) is 33.4 Å². The van der Waals surface area contributed by atoms with Gasteiger partial charge in [-0.1, -0.05) is 54.6 Å². The highest BCUT2D eigenvalue weighted by atomic mass is 16.5. The SMILES string of the molecule is COC(CNC(=O)OCC1c2ccccc2-c2ccccc21)C(=O)N1CC=C(C(=O)O)CC1. The minimum Gasteiger partial charge on any atom is -0.478 e. The zero-order chi connectivity index (χ0) is 23.4. The molecule has 0 fully saturated rings. The lowest BCUT2D eigenvalue weighted by Crippen LogP contribution is -2.47. The lowest BCUT2D eigenvalue weighted by Gasteiger charge is -2.28. The highest BCUT2D eigenvalue weighted by Crippen LogP contribution is 2.44. The van der Waals surface area contributed by atoms with Crippen LogP contribution in [-0.2, 0) is 19.1 Å². The van der Waals surface area contributed by atoms with Gasteiger partial charge in [0.1, 0.15) is 6.61 Å². The van der Waals surface area contributed by atoms with E-state index in [0.717, 1.165) is 22.3 Å². The third-order valence-corrected chi connectivity index (χ3v) is 6.13. The molecule has 0 radical (unpaired) electrons. The highest BCUT2D eigenvalue weighted by Gasteiger charge is 2.30. The number of hydrogen-bond donors (Lipinski definition) is 2. The summed E-state index contributed by atoms with van der Waals surface area (Å²) in [6.07, 6.45) is 0.288. The summed E-state index contributed by atoms with van der Waals surface area (Å²) < 4.78 is 10.8. The molecule has 8 heteroatoms. The summed E-state index contributed by atoms with van der Waals surface area (Å²) in [6.45, 7) is 0.630. The Kier molecular flexibility index (Phi) is 6.74. The summed E-state index contributed by atoms with van der Waals surface area (Å²) >= 11 is 0. The zero-order valence-electron chi connectivity index (χ0n) is 18.3. The molecule has 1 atom stereocenters. The van der Waals surface area contributed by atoms with Crippen LogP contribution in [0, 0.1) is 0 Å². The minimum atomic E-state index is -0.970. The van der Waals surface area contributed by atoms with E-state index in [2.05, 4.69) is 17.4 Å². The van der Waals surface area contributed by atoms with Gasteiger partial charge in [-0.15, -0.1) is 0 Å². The molecule has 0 bridgehead atoms. The molecule has 2 aromatic rings. The van der Waals surface area contributed by atoms with Gasteiger partial charge in [0, 0.05) is 31.7 Å². The number of rotatable bonds is 7. The van der Waals surface area contributed by atoms with Crippen LogP contribution in [0.5, 0.6) is 0 Å². The molecule has 2 amide bonds. The van der Waals surface area contributed by atoms with Crippen LogP contribution in [0.25, 0.3) is 11.1 Å². The molecule has 4 rings (SSSR count). The average molecular weight is 450 g/mol. The molecule has 8 nitrogen and oxygen atoms in total. The number of fused-ring (bicyclic) bond motifs is 3. The number of hydrogen-bond acceptors (Lipinski definition) is 5. The van der Waals surface area contributed by atoms with Gasteiger partial charge in [-0.05, 0) is 28.7 Å². The number of carbonyl (C=O) groups excluding carboxylic acids is 2. The first kappa shape index (κ1) is 22.5. The number of benzene rings is 2. The Bertz CT molecular complexity index is 1050. The molecule has 1 unspecified atom stereocenters. The minimum absolute atomic E-state index is 0.0436. The number of ether oxygens (including phenoxy) is 2. The number of carboxylic acids is 1. The number of nitrogens with one attached hydrogen (secondary N) is 1. The molecule has 172 valence electrons. The lowest BCUT2D eigenvalue weighted by molar-refractivity contribution is -0.142. The fourth-order valence-corrected chi connectivity index (χ4v) is 4.36. The van der Waals surface area contributed by atoms with Crippen molar-refractivity contribution in [1.82, 2.24) is 10.2 Å². The summed E-state index contributed by atoms with van der Waals surface area (Å²) in [6, 6.07) is 16.2. The second kappa shape index (κ2) is 9.87. The molecular weight excluding hydrogens is 424 g/mol. The van der Waals surface area contributed by atoms with Crippen molar-refractivity contribution in [2.24, 2.45) is 0 Å². The molecule has 1 aliphatic carbocycles. The van der Waals surface area contributed by atoms with E-state index in [9.17, 15) is 14.4 Å². The molecule has 0 saturated carbocycles. The number of nitrogens with zero attached hydrogens (tertiary/aromatic N) is 1. The van der Waals surface area contributed by atoms with Crippen LogP contribution in [0.3, 0.4) is 0 Å². The first-order valence-corrected chi connectivity index (χ1v) is 10.8. The average Bonchev–Trinajstić information content (AvgIpc) is 3.16. The lowest BCUT2D eigenvalue weighted by atomic mass is 9.98. The summed E-state index contributed by atoms with van der Waals surface area (Å²) in [5, 5.41) is 11.7. The maximum absolute atomic E-state index is 12.7. The first-order valence-electron chi connectivity index (χ1n) is 10.8. The van der Waals surface area contributed by atoms with Gasteiger partial charge in [0.2, 0.25) is 0 Å². The molecule has 0 spiro atoms. The zero-order valence-corrected chi connectivity index (χ0v) is 18.3. The van der Waals surface area contributed by atoms with E-state index in [-0.39, 0.29) is 37.9 Å². The van der Waals surface area contributed by atoms with Gasteiger partial charge >= 0.3 is 12.1 Å². The normalized spacial score (nSPS) is 15.8. The van der Waals surface area contributed by atoms with Gasteiger partial charge < -0.3 is 24.8 Å². The summed E-state index contributed by atoms with van der Waals surface area (Å²) in [5.74, 6) is -1.33. The van der Waals surface area contributed by atoms with Crippen LogP contribution in [0.4, 0.5) is 4.79 Å². The number of carbonyl (C=O) groups is 3. The van der Waals surface area contributed by atoms with E-state index < -0.39 is 18.2 Å². The molecule has 0 aromatic heterocycles. The molecule has 33 heavy (non-hydrogen) atoms. The standard InChI is InChI=1S/C25H26N2O6/c1-32-22(23(28)27-12-10-16(11-13-27)24(29)30)14-26-25(31)33-15-21-19-8-4-2-6-17(19)18-7-3-5-9-20(18)21/h2-10,21-22H,11-15H2,1H3,(H,26,31)(H,29,30). The van der Waals surface area contributed by atoms with Gasteiger partial charge in [0.25, 0.3) is 5.91 Å². The van der Waals surface area contributed by atoms with Gasteiger partial charge in [-0.3, -0.25) is 4.79 Å². The van der Waals surface area contributed by atoms with Crippen LogP contribution in [0.1, 0.15) is 23.5 Å². The van der Waals surface area contributed by atoms with Crippen LogP contribution >= 0.6 is 0 Å². The molecule has 0 saturated heterocycles. The molecule has 2 aromatic carbocycles. The van der Waals surface area contributed by atoms with E-state index in [0.29, 0.717) is 12.1 Å². The van der Waals surface area contributed by atoms with E-state index >= 15 is 0 Å². The maximum Gasteiger partial charge on any atom is 0.407 e. The number of alkyl carbamates (subject to hydrolysis) is 1. The van der Waals surface area contributed by atoms with Crippen molar-refractivity contribution < 1.29 is 29.0 Å². The van der Waals surface area contributed by atoms with Crippen molar-refractivity contribution in [3.05, 3.63) is 71.3 Å². The smallest absolute Gasteiger partial charge is 0.407 e. The summed E-state index contributed by atoms with van der Waals surface area (Å²) in [7, 11) is 1.39. The molecule has 2 N–H and O–H groups in total. The monoisotopic (exact) mass is 450 g/mol. The predicted octanol–water partition coefficient (Wildman–Crippen LogP) is 2.78. The van der Waals surface area contributed by atoms with Crippen molar-refractivity contribution in [3.63, 3.8) is 0 Å². The van der Waals surface area contributed by atoms with Gasteiger partial charge in [-0.2, -0.15) is 0 Å². The fraction of sp³-hybridized carbons (Fsp3) is 0.320. The van der Waals surface area contributed by atoms with Gasteiger partial charge in [0.05, 0.1) is 6.54 Å². The Hall–Kier alpha value is -3.65. The van der Waals surface area contributed by atoms with E-state index in [1.165, 1.54) is 18.1 Å². The Morgan fingerprint density at radius 1 is 1.09 bits per heavy atom. The topological polar surface area (TPSA) is 105 Å². The maximum atomic E-state index is 12.7. The van der Waals surface area contributed by atoms with Crippen molar-refractivity contribution in [1.29, 1.82) is 0 Å². The van der Waals surface area contributed by atoms with Crippen molar-refractivity contribution in [3.8, 4) is 11.1 Å².